The van der Waals surface area contributed by atoms with Crippen LogP contribution in [-0.4, -0.2) is 58.3 Å². The first-order chi connectivity index (χ1) is 18.7. The van der Waals surface area contributed by atoms with Crippen molar-refractivity contribution in [3.63, 3.8) is 0 Å². The summed E-state index contributed by atoms with van der Waals surface area (Å²) in [6, 6.07) is 15.8. The molecule has 2 N–H and O–H groups in total. The Kier molecular flexibility index (Phi) is 7.85. The van der Waals surface area contributed by atoms with Gasteiger partial charge in [-0.05, 0) is 59.7 Å². The van der Waals surface area contributed by atoms with Crippen LogP contribution in [0, 0.1) is 5.82 Å². The summed E-state index contributed by atoms with van der Waals surface area (Å²) < 4.78 is 24.0. The molecule has 0 aromatic heterocycles. The Morgan fingerprint density at radius 3 is 2.08 bits per heavy atom. The van der Waals surface area contributed by atoms with Crippen LogP contribution in [-0.2, 0) is 27.5 Å². The number of carbonyl (C=O) groups excluding carboxylic acids is 4. The van der Waals surface area contributed by atoms with E-state index in [0.717, 1.165) is 5.56 Å². The van der Waals surface area contributed by atoms with Crippen molar-refractivity contribution in [2.75, 3.05) is 13.7 Å². The van der Waals surface area contributed by atoms with Gasteiger partial charge in [0, 0.05) is 6.54 Å². The van der Waals surface area contributed by atoms with Gasteiger partial charge in [-0.15, -0.1) is 0 Å². The molecule has 1 fully saturated rings. The number of hydrogen-bond acceptors (Lipinski definition) is 7. The third-order valence-corrected chi connectivity index (χ3v) is 5.70. The molecule has 1 saturated heterocycles. The van der Waals surface area contributed by atoms with E-state index in [9.17, 15) is 28.4 Å². The summed E-state index contributed by atoms with van der Waals surface area (Å²) in [6.45, 7) is -1.13. The Hall–Kier alpha value is -5.26. The van der Waals surface area contributed by atoms with Gasteiger partial charge in [0.05, 0.1) is 19.2 Å². The number of nitrogens with one attached hydrogen (secondary N) is 1. The molecule has 5 amide bonds. The second-order valence-electron chi connectivity index (χ2n) is 8.38. The third kappa shape index (κ3) is 6.18. The zero-order valence-electron chi connectivity index (χ0n) is 20.5. The van der Waals surface area contributed by atoms with E-state index in [1.807, 2.05) is 0 Å². The van der Waals surface area contributed by atoms with Gasteiger partial charge in [-0.1, -0.05) is 18.2 Å². The zero-order chi connectivity index (χ0) is 28.1. The first-order valence-electron chi connectivity index (χ1n) is 11.5. The molecule has 1 aliphatic rings. The highest BCUT2D eigenvalue weighted by molar-refractivity contribution is 6.44. The quantitative estimate of drug-likeness (QED) is 0.298. The van der Waals surface area contributed by atoms with E-state index in [0.29, 0.717) is 26.9 Å². The predicted molar refractivity (Wildman–Crippen MR) is 132 cm³/mol. The molecule has 0 atom stereocenters. The van der Waals surface area contributed by atoms with Crippen molar-refractivity contribution >= 4 is 29.7 Å². The number of nitrogens with zero attached hydrogens (tertiary/aromatic N) is 2. The van der Waals surface area contributed by atoms with Crippen LogP contribution in [0.2, 0.25) is 0 Å². The number of amides is 5. The molecule has 4 rings (SSSR count). The lowest BCUT2D eigenvalue weighted by molar-refractivity contribution is -0.146. The lowest BCUT2D eigenvalue weighted by Crippen LogP contribution is -2.36. The Morgan fingerprint density at radius 1 is 0.872 bits per heavy atom. The van der Waals surface area contributed by atoms with Gasteiger partial charge in [0.15, 0.2) is 0 Å². The number of carboxylic acids is 1. The molecule has 3 aromatic rings. The maximum atomic E-state index is 13.0. The minimum absolute atomic E-state index is 0.124. The van der Waals surface area contributed by atoms with Crippen LogP contribution in [0.15, 0.2) is 66.7 Å². The third-order valence-electron chi connectivity index (χ3n) is 5.70. The molecule has 0 saturated carbocycles. The fraction of sp³-hybridized carbons (Fsp3) is 0.148. The van der Waals surface area contributed by atoms with Gasteiger partial charge >= 0.3 is 23.8 Å². The van der Waals surface area contributed by atoms with Crippen LogP contribution < -0.4 is 14.8 Å². The van der Waals surface area contributed by atoms with E-state index < -0.39 is 36.3 Å². The van der Waals surface area contributed by atoms with E-state index >= 15 is 0 Å². The fourth-order valence-corrected chi connectivity index (χ4v) is 3.77. The number of methoxy groups -OCH3 is 1. The molecule has 0 unspecified atom stereocenters. The van der Waals surface area contributed by atoms with Crippen molar-refractivity contribution in [3.8, 4) is 17.2 Å². The molecular formula is C27H22FN3O8. The van der Waals surface area contributed by atoms with Crippen molar-refractivity contribution in [1.82, 2.24) is 15.1 Å². The first kappa shape index (κ1) is 26.8. The number of ether oxygens (including phenoxy) is 2. The first-order valence-corrected chi connectivity index (χ1v) is 11.5. The van der Waals surface area contributed by atoms with Gasteiger partial charge in [-0.3, -0.25) is 24.1 Å². The number of halogens is 1. The average molecular weight is 535 g/mol. The summed E-state index contributed by atoms with van der Waals surface area (Å²) in [5.41, 5.74) is 1.23. The molecule has 0 radical (unpaired) electrons. The maximum absolute atomic E-state index is 13.0. The lowest BCUT2D eigenvalue weighted by Gasteiger charge is -2.16. The lowest BCUT2D eigenvalue weighted by atomic mass is 10.1. The van der Waals surface area contributed by atoms with Crippen molar-refractivity contribution in [3.05, 3.63) is 89.2 Å². The molecular weight excluding hydrogens is 513 g/mol. The summed E-state index contributed by atoms with van der Waals surface area (Å²) in [5.74, 6) is -3.46. The Morgan fingerprint density at radius 2 is 1.46 bits per heavy atom. The van der Waals surface area contributed by atoms with Crippen molar-refractivity contribution in [2.45, 2.75) is 13.1 Å². The predicted octanol–water partition coefficient (Wildman–Crippen LogP) is 2.93. The zero-order valence-corrected chi connectivity index (χ0v) is 20.5. The smallest absolute Gasteiger partial charge is 0.335 e. The van der Waals surface area contributed by atoms with Gasteiger partial charge in [0.25, 0.3) is 5.91 Å². The second-order valence-corrected chi connectivity index (χ2v) is 8.38. The van der Waals surface area contributed by atoms with E-state index in [1.165, 1.54) is 49.6 Å². The van der Waals surface area contributed by atoms with Crippen LogP contribution in [0.1, 0.15) is 21.5 Å². The Bertz CT molecular complexity index is 1440. The standard InChI is InChI=1S/C27H22FN3O8/c1-38-22-11-4-17(14-30-25(35)26(36)31(27(30)37)15-23(32)33)12-21(22)24(34)29-13-16-2-7-19(8-3-16)39-20-9-5-18(28)6-10-20/h2-12H,13-15H2,1H3,(H,29,34)(H,32,33). The molecule has 39 heavy (non-hydrogen) atoms. The molecule has 1 aliphatic heterocycles. The van der Waals surface area contributed by atoms with Crippen molar-refractivity contribution < 1.29 is 42.9 Å². The highest BCUT2D eigenvalue weighted by atomic mass is 19.1. The molecule has 1 heterocycles. The molecule has 0 aliphatic carbocycles. The van der Waals surface area contributed by atoms with E-state index in [4.69, 9.17) is 14.6 Å². The van der Waals surface area contributed by atoms with Crippen molar-refractivity contribution in [2.24, 2.45) is 0 Å². The SMILES string of the molecule is COc1ccc(CN2C(=O)C(=O)N(CC(=O)O)C2=O)cc1C(=O)NCc1ccc(Oc2ccc(F)cc2)cc1. The topological polar surface area (TPSA) is 143 Å². The highest BCUT2D eigenvalue weighted by Crippen LogP contribution is 2.24. The van der Waals surface area contributed by atoms with Crippen LogP contribution >= 0.6 is 0 Å². The van der Waals surface area contributed by atoms with E-state index in [2.05, 4.69) is 5.32 Å². The number of carboxylic acid groups (broad SMARTS) is 1. The summed E-state index contributed by atoms with van der Waals surface area (Å²) in [6.07, 6.45) is 0. The number of benzene rings is 3. The number of hydrogen-bond donors (Lipinski definition) is 2. The summed E-state index contributed by atoms with van der Waals surface area (Å²) >= 11 is 0. The van der Waals surface area contributed by atoms with Gasteiger partial charge in [0.1, 0.15) is 29.6 Å². The van der Waals surface area contributed by atoms with Crippen LogP contribution in [0.4, 0.5) is 9.18 Å². The maximum Gasteiger partial charge on any atom is 0.335 e. The molecule has 12 heteroatoms. The van der Waals surface area contributed by atoms with Crippen LogP contribution in [0.5, 0.6) is 17.2 Å². The minimum atomic E-state index is -1.44. The number of carbonyl (C=O) groups is 5. The normalized spacial score (nSPS) is 13.0. The van der Waals surface area contributed by atoms with Crippen LogP contribution in [0.25, 0.3) is 0 Å². The fourth-order valence-electron chi connectivity index (χ4n) is 3.77. The van der Waals surface area contributed by atoms with Gasteiger partial charge in [-0.2, -0.15) is 0 Å². The second kappa shape index (κ2) is 11.4. The number of imide groups is 2. The Balaban J connectivity index is 1.41. The number of urea groups is 1. The van der Waals surface area contributed by atoms with Gasteiger partial charge < -0.3 is 19.9 Å². The minimum Gasteiger partial charge on any atom is -0.496 e. The molecule has 200 valence electrons. The summed E-state index contributed by atoms with van der Waals surface area (Å²) in [4.78, 5) is 61.5. The Labute approximate surface area is 221 Å². The average Bonchev–Trinajstić information content (AvgIpc) is 3.12. The molecule has 3 aromatic carbocycles. The van der Waals surface area contributed by atoms with Gasteiger partial charge in [-0.25, -0.2) is 14.1 Å². The van der Waals surface area contributed by atoms with E-state index in [1.54, 1.807) is 24.3 Å². The largest absolute Gasteiger partial charge is 0.496 e. The highest BCUT2D eigenvalue weighted by Gasteiger charge is 2.45. The number of rotatable bonds is 10. The summed E-state index contributed by atoms with van der Waals surface area (Å²) in [5, 5.41) is 11.7. The number of aliphatic carboxylic acids is 1. The van der Waals surface area contributed by atoms with E-state index in [-0.39, 0.29) is 30.2 Å². The van der Waals surface area contributed by atoms with Crippen LogP contribution in [0.3, 0.4) is 0 Å². The van der Waals surface area contributed by atoms with Gasteiger partial charge in [0.2, 0.25) is 0 Å². The molecule has 11 nitrogen and oxygen atoms in total. The molecule has 0 bridgehead atoms. The van der Waals surface area contributed by atoms with Crippen molar-refractivity contribution in [1.29, 1.82) is 0 Å². The monoisotopic (exact) mass is 535 g/mol. The molecule has 0 spiro atoms. The summed E-state index contributed by atoms with van der Waals surface area (Å²) in [7, 11) is 1.38.